The molecule has 3 aromatic rings. The van der Waals surface area contributed by atoms with E-state index in [1.807, 2.05) is 54.6 Å². The lowest BCUT2D eigenvalue weighted by Gasteiger charge is -2.18. The maximum Gasteiger partial charge on any atom is 0.250 e. The minimum Gasteiger partial charge on any atom is -0.492 e. The summed E-state index contributed by atoms with van der Waals surface area (Å²) in [7, 11) is 0. The Morgan fingerprint density at radius 2 is 2.04 bits per heavy atom. The summed E-state index contributed by atoms with van der Waals surface area (Å²) in [5.41, 5.74) is 5.36. The van der Waals surface area contributed by atoms with Crippen LogP contribution < -0.4 is 10.2 Å². The van der Waals surface area contributed by atoms with Crippen molar-refractivity contribution in [2.45, 2.75) is 11.3 Å². The summed E-state index contributed by atoms with van der Waals surface area (Å²) in [6.45, 7) is 0.572. The number of nitrogens with one attached hydrogen (secondary N) is 1. The third-order valence-corrected chi connectivity index (χ3v) is 5.11. The highest BCUT2D eigenvalue weighted by molar-refractivity contribution is 8.00. The van der Waals surface area contributed by atoms with Crippen LogP contribution in [0, 0.1) is 0 Å². The third kappa shape index (κ3) is 3.55. The van der Waals surface area contributed by atoms with Crippen molar-refractivity contribution in [3.8, 4) is 5.75 Å². The highest BCUT2D eigenvalue weighted by Crippen LogP contribution is 2.26. The molecule has 1 N–H and O–H groups in total. The second-order valence-electron chi connectivity index (χ2n) is 5.81. The van der Waals surface area contributed by atoms with Crippen molar-refractivity contribution < 1.29 is 9.53 Å². The van der Waals surface area contributed by atoms with Crippen molar-refractivity contribution in [2.75, 3.05) is 12.4 Å². The average molecular weight is 363 g/mol. The maximum atomic E-state index is 12.2. The summed E-state index contributed by atoms with van der Waals surface area (Å²) in [5, 5.41) is 5.37. The number of hydrogen-bond acceptors (Lipinski definition) is 5. The molecule has 0 spiro atoms. The number of carbonyl (C=O) groups excluding carboxylic acids is 1. The zero-order valence-electron chi connectivity index (χ0n) is 14.0. The molecule has 0 bridgehead atoms. The third-order valence-electron chi connectivity index (χ3n) is 4.06. The quantitative estimate of drug-likeness (QED) is 0.568. The van der Waals surface area contributed by atoms with Crippen molar-refractivity contribution in [1.29, 1.82) is 0 Å². The molecule has 0 saturated heterocycles. The normalized spacial score (nSPS) is 14.7. The van der Waals surface area contributed by atoms with E-state index in [0.29, 0.717) is 13.0 Å². The van der Waals surface area contributed by atoms with Crippen molar-refractivity contribution >= 4 is 34.3 Å². The van der Waals surface area contributed by atoms with E-state index in [-0.39, 0.29) is 11.7 Å². The number of pyridine rings is 1. The van der Waals surface area contributed by atoms with Gasteiger partial charge in [-0.05, 0) is 24.3 Å². The zero-order chi connectivity index (χ0) is 17.8. The Labute approximate surface area is 155 Å². The van der Waals surface area contributed by atoms with Gasteiger partial charge in [-0.1, -0.05) is 30.3 Å². The van der Waals surface area contributed by atoms with Gasteiger partial charge in [-0.2, -0.15) is 5.10 Å². The summed E-state index contributed by atoms with van der Waals surface area (Å²) < 4.78 is 5.60. The smallest absolute Gasteiger partial charge is 0.250 e. The molecule has 0 unspecified atom stereocenters. The zero-order valence-corrected chi connectivity index (χ0v) is 14.8. The van der Waals surface area contributed by atoms with Crippen molar-refractivity contribution in [1.82, 2.24) is 10.4 Å². The van der Waals surface area contributed by atoms with Crippen LogP contribution in [-0.4, -0.2) is 29.0 Å². The Bertz CT molecular complexity index is 982. The predicted molar refractivity (Wildman–Crippen MR) is 104 cm³/mol. The SMILES string of the molecule is O=C(CSc1cccc2cccnc12)NN=C1CCOc2ccccc21. The number of aromatic nitrogens is 1. The standard InChI is InChI=1S/C20H17N3O2S/c24-19(13-26-18-9-3-5-14-6-4-11-21-20(14)18)23-22-16-10-12-25-17-8-2-1-7-15(16)17/h1-9,11H,10,12-13H2,(H,23,24). The molecule has 2 aromatic carbocycles. The second kappa shape index (κ2) is 7.58. The highest BCUT2D eigenvalue weighted by atomic mass is 32.2. The number of hydrazone groups is 1. The van der Waals surface area contributed by atoms with Gasteiger partial charge >= 0.3 is 0 Å². The lowest BCUT2D eigenvalue weighted by Crippen LogP contribution is -2.24. The monoisotopic (exact) mass is 363 g/mol. The van der Waals surface area contributed by atoms with E-state index in [2.05, 4.69) is 15.5 Å². The first-order chi connectivity index (χ1) is 12.8. The Balaban J connectivity index is 1.42. The number of rotatable bonds is 4. The molecule has 1 amide bonds. The average Bonchev–Trinajstić information content (AvgIpc) is 2.70. The van der Waals surface area contributed by atoms with Crippen molar-refractivity contribution in [3.63, 3.8) is 0 Å². The lowest BCUT2D eigenvalue weighted by molar-refractivity contribution is -0.118. The number of carbonyl (C=O) groups is 1. The highest BCUT2D eigenvalue weighted by Gasteiger charge is 2.16. The molecule has 1 aromatic heterocycles. The maximum absolute atomic E-state index is 12.2. The van der Waals surface area contributed by atoms with Crippen LogP contribution in [0.3, 0.4) is 0 Å². The summed E-state index contributed by atoms with van der Waals surface area (Å²) >= 11 is 1.46. The van der Waals surface area contributed by atoms with Crippen LogP contribution in [0.15, 0.2) is 70.8 Å². The van der Waals surface area contributed by atoms with Crippen LogP contribution in [0.25, 0.3) is 10.9 Å². The molecule has 0 fully saturated rings. The summed E-state index contributed by atoms with van der Waals surface area (Å²) in [5.74, 6) is 0.951. The van der Waals surface area contributed by atoms with E-state index >= 15 is 0 Å². The fourth-order valence-electron chi connectivity index (χ4n) is 2.84. The number of ether oxygens (including phenoxy) is 1. The molecule has 26 heavy (non-hydrogen) atoms. The fraction of sp³-hybridized carbons (Fsp3) is 0.150. The number of para-hydroxylation sites is 2. The van der Waals surface area contributed by atoms with Crippen molar-refractivity contribution in [3.05, 3.63) is 66.4 Å². The molecule has 1 aliphatic heterocycles. The summed E-state index contributed by atoms with van der Waals surface area (Å²) in [6.07, 6.45) is 2.44. The topological polar surface area (TPSA) is 63.6 Å². The number of thioether (sulfide) groups is 1. The van der Waals surface area contributed by atoms with E-state index in [0.717, 1.165) is 32.8 Å². The second-order valence-corrected chi connectivity index (χ2v) is 6.83. The molecule has 130 valence electrons. The largest absolute Gasteiger partial charge is 0.492 e. The molecule has 0 aliphatic carbocycles. The molecule has 4 rings (SSSR count). The number of benzene rings is 2. The first kappa shape index (κ1) is 16.6. The molecule has 0 radical (unpaired) electrons. The molecule has 2 heterocycles. The van der Waals surface area contributed by atoms with Crippen LogP contribution in [0.4, 0.5) is 0 Å². The van der Waals surface area contributed by atoms with E-state index in [1.54, 1.807) is 6.20 Å². The minimum absolute atomic E-state index is 0.139. The Kier molecular flexibility index (Phi) is 4.84. The molecular weight excluding hydrogens is 346 g/mol. The van der Waals surface area contributed by atoms with E-state index in [1.165, 1.54) is 11.8 Å². The van der Waals surface area contributed by atoms with Gasteiger partial charge in [0.25, 0.3) is 0 Å². The van der Waals surface area contributed by atoms with Gasteiger partial charge in [0, 0.05) is 28.5 Å². The Morgan fingerprint density at radius 3 is 3.00 bits per heavy atom. The van der Waals surface area contributed by atoms with Gasteiger partial charge < -0.3 is 4.74 Å². The summed E-state index contributed by atoms with van der Waals surface area (Å²) in [6, 6.07) is 17.6. The molecule has 5 nitrogen and oxygen atoms in total. The Hall–Kier alpha value is -2.86. The molecule has 0 saturated carbocycles. The van der Waals surface area contributed by atoms with Gasteiger partial charge in [0.15, 0.2) is 0 Å². The minimum atomic E-state index is -0.139. The molecule has 0 atom stereocenters. The van der Waals surface area contributed by atoms with Gasteiger partial charge in [-0.25, -0.2) is 5.43 Å². The predicted octanol–water partition coefficient (Wildman–Crippen LogP) is 3.63. The van der Waals surface area contributed by atoms with Crippen LogP contribution in [0.5, 0.6) is 5.75 Å². The van der Waals surface area contributed by atoms with Crippen LogP contribution in [0.2, 0.25) is 0 Å². The van der Waals surface area contributed by atoms with E-state index in [4.69, 9.17) is 4.74 Å². The van der Waals surface area contributed by atoms with Crippen LogP contribution in [-0.2, 0) is 4.79 Å². The molecule has 6 heteroatoms. The first-order valence-electron chi connectivity index (χ1n) is 8.35. The Morgan fingerprint density at radius 1 is 1.15 bits per heavy atom. The van der Waals surface area contributed by atoms with Crippen molar-refractivity contribution in [2.24, 2.45) is 5.10 Å². The van der Waals surface area contributed by atoms with Gasteiger partial charge in [-0.15, -0.1) is 11.8 Å². The number of amides is 1. The first-order valence-corrected chi connectivity index (χ1v) is 9.34. The fourth-order valence-corrected chi connectivity index (χ4v) is 3.67. The lowest BCUT2D eigenvalue weighted by atomic mass is 10.0. The molecular formula is C20H17N3O2S. The number of nitrogens with zero attached hydrogens (tertiary/aromatic N) is 2. The van der Waals surface area contributed by atoms with Gasteiger partial charge in [0.05, 0.1) is 23.6 Å². The number of hydrogen-bond donors (Lipinski definition) is 1. The van der Waals surface area contributed by atoms with E-state index < -0.39 is 0 Å². The van der Waals surface area contributed by atoms with Gasteiger partial charge in [0.2, 0.25) is 5.91 Å². The number of fused-ring (bicyclic) bond motifs is 2. The van der Waals surface area contributed by atoms with Gasteiger partial charge in [-0.3, -0.25) is 9.78 Å². The van der Waals surface area contributed by atoms with Gasteiger partial charge in [0.1, 0.15) is 5.75 Å². The van der Waals surface area contributed by atoms with Crippen LogP contribution in [0.1, 0.15) is 12.0 Å². The summed E-state index contributed by atoms with van der Waals surface area (Å²) in [4.78, 5) is 17.6. The van der Waals surface area contributed by atoms with Crippen LogP contribution >= 0.6 is 11.8 Å². The molecule has 1 aliphatic rings. The van der Waals surface area contributed by atoms with E-state index in [9.17, 15) is 4.79 Å².